The molecule has 0 saturated carbocycles. The fourth-order valence-electron chi connectivity index (χ4n) is 3.06. The molecule has 0 aliphatic carbocycles. The predicted molar refractivity (Wildman–Crippen MR) is 125 cm³/mol. The van der Waals surface area contributed by atoms with Crippen molar-refractivity contribution >= 4 is 35.0 Å². The number of rotatable bonds is 10. The summed E-state index contributed by atoms with van der Waals surface area (Å²) in [6.07, 6.45) is -0.363. The van der Waals surface area contributed by atoms with Gasteiger partial charge in [0.2, 0.25) is 5.91 Å². The fraction of sp³-hybridized carbons (Fsp3) is 0.318. The summed E-state index contributed by atoms with van der Waals surface area (Å²) in [6, 6.07) is 12.5. The fourth-order valence-corrected chi connectivity index (χ4v) is 4.04. The minimum atomic E-state index is -0.363. The van der Waals surface area contributed by atoms with Crippen molar-refractivity contribution in [3.05, 3.63) is 53.3 Å². The molecule has 1 atom stereocenters. The molecule has 0 radical (unpaired) electrons. The van der Waals surface area contributed by atoms with E-state index in [2.05, 4.69) is 15.5 Å². The molecule has 8 nitrogen and oxygen atoms in total. The highest BCUT2D eigenvalue weighted by molar-refractivity contribution is 7.99. The van der Waals surface area contributed by atoms with Crippen molar-refractivity contribution in [2.45, 2.75) is 31.7 Å². The largest absolute Gasteiger partial charge is 0.495 e. The molecule has 1 heterocycles. The van der Waals surface area contributed by atoms with Crippen LogP contribution in [0.3, 0.4) is 0 Å². The number of carbonyl (C=O) groups excluding carboxylic acids is 1. The number of nitrogens with zero attached hydrogens (tertiary/aromatic N) is 3. The number of nitrogens with one attached hydrogen (secondary N) is 1. The summed E-state index contributed by atoms with van der Waals surface area (Å²) >= 11 is 7.32. The highest BCUT2D eigenvalue weighted by atomic mass is 35.5. The van der Waals surface area contributed by atoms with Crippen LogP contribution in [0.1, 0.15) is 25.8 Å². The first-order chi connectivity index (χ1) is 15.5. The van der Waals surface area contributed by atoms with Crippen LogP contribution in [0.2, 0.25) is 5.02 Å². The second-order valence-electron chi connectivity index (χ2n) is 6.68. The summed E-state index contributed by atoms with van der Waals surface area (Å²) in [5.74, 6) is 2.41. The Morgan fingerprint density at radius 3 is 2.53 bits per heavy atom. The number of methoxy groups -OCH3 is 2. The molecule has 0 aliphatic heterocycles. The molecule has 0 saturated heterocycles. The molecule has 170 valence electrons. The van der Waals surface area contributed by atoms with E-state index >= 15 is 0 Å². The number of benzene rings is 2. The van der Waals surface area contributed by atoms with Crippen LogP contribution in [0.4, 0.5) is 5.69 Å². The van der Waals surface area contributed by atoms with Gasteiger partial charge in [0.15, 0.2) is 28.6 Å². The van der Waals surface area contributed by atoms with Gasteiger partial charge in [0, 0.05) is 11.6 Å². The summed E-state index contributed by atoms with van der Waals surface area (Å²) in [5, 5.41) is 12.5. The molecule has 1 unspecified atom stereocenters. The molecular formula is C22H25ClN4O4S. The number of ether oxygens (including phenoxy) is 3. The van der Waals surface area contributed by atoms with E-state index in [0.717, 1.165) is 0 Å². The Kier molecular flexibility index (Phi) is 8.24. The number of hydrogen-bond donors (Lipinski definition) is 1. The first kappa shape index (κ1) is 23.7. The van der Waals surface area contributed by atoms with Crippen molar-refractivity contribution in [2.24, 2.45) is 0 Å². The average Bonchev–Trinajstić information content (AvgIpc) is 3.21. The summed E-state index contributed by atoms with van der Waals surface area (Å²) in [4.78, 5) is 12.5. The van der Waals surface area contributed by atoms with Crippen molar-refractivity contribution in [3.63, 3.8) is 0 Å². The maximum absolute atomic E-state index is 12.5. The molecule has 0 spiro atoms. The van der Waals surface area contributed by atoms with E-state index < -0.39 is 0 Å². The summed E-state index contributed by atoms with van der Waals surface area (Å²) in [6.45, 7) is 4.52. The molecule has 2 aromatic carbocycles. The predicted octanol–water partition coefficient (Wildman–Crippen LogP) is 4.84. The van der Waals surface area contributed by atoms with Crippen LogP contribution >= 0.6 is 23.4 Å². The minimum absolute atomic E-state index is 0.148. The monoisotopic (exact) mass is 476 g/mol. The smallest absolute Gasteiger partial charge is 0.234 e. The number of aromatic nitrogens is 3. The Balaban J connectivity index is 1.67. The topological polar surface area (TPSA) is 87.5 Å². The van der Waals surface area contributed by atoms with E-state index in [-0.39, 0.29) is 17.8 Å². The molecule has 32 heavy (non-hydrogen) atoms. The lowest BCUT2D eigenvalue weighted by Crippen LogP contribution is -2.16. The number of amides is 1. The Hall–Kier alpha value is -2.91. The van der Waals surface area contributed by atoms with E-state index in [1.807, 2.05) is 42.7 Å². The van der Waals surface area contributed by atoms with Gasteiger partial charge in [-0.1, -0.05) is 35.5 Å². The third-order valence-corrected chi connectivity index (χ3v) is 5.77. The molecule has 3 aromatic rings. The van der Waals surface area contributed by atoms with Gasteiger partial charge in [0.25, 0.3) is 0 Å². The Morgan fingerprint density at radius 1 is 1.12 bits per heavy atom. The van der Waals surface area contributed by atoms with Gasteiger partial charge in [-0.3, -0.25) is 4.79 Å². The lowest BCUT2D eigenvalue weighted by atomic mass is 10.3. The van der Waals surface area contributed by atoms with Crippen molar-refractivity contribution in [2.75, 3.05) is 25.3 Å². The van der Waals surface area contributed by atoms with Gasteiger partial charge in [-0.2, -0.15) is 0 Å². The number of halogens is 1. The van der Waals surface area contributed by atoms with Gasteiger partial charge >= 0.3 is 0 Å². The van der Waals surface area contributed by atoms with E-state index in [1.54, 1.807) is 25.3 Å². The lowest BCUT2D eigenvalue weighted by Gasteiger charge is -2.17. The van der Waals surface area contributed by atoms with Crippen molar-refractivity contribution < 1.29 is 19.0 Å². The zero-order valence-electron chi connectivity index (χ0n) is 18.3. The van der Waals surface area contributed by atoms with Crippen LogP contribution in [0, 0.1) is 0 Å². The quantitative estimate of drug-likeness (QED) is 0.419. The summed E-state index contributed by atoms with van der Waals surface area (Å²) in [7, 11) is 3.13. The first-order valence-corrected chi connectivity index (χ1v) is 11.3. The maximum Gasteiger partial charge on any atom is 0.234 e. The molecule has 1 aromatic heterocycles. The number of thioether (sulfide) groups is 1. The van der Waals surface area contributed by atoms with Gasteiger partial charge in [0.05, 0.1) is 25.7 Å². The van der Waals surface area contributed by atoms with E-state index in [1.165, 1.54) is 18.9 Å². The van der Waals surface area contributed by atoms with Crippen molar-refractivity contribution in [1.29, 1.82) is 0 Å². The van der Waals surface area contributed by atoms with E-state index in [0.29, 0.717) is 45.5 Å². The molecule has 1 amide bonds. The van der Waals surface area contributed by atoms with Crippen LogP contribution in [0.15, 0.2) is 47.6 Å². The molecule has 0 fully saturated rings. The Labute approximate surface area is 196 Å². The zero-order valence-corrected chi connectivity index (χ0v) is 19.9. The number of hydrogen-bond acceptors (Lipinski definition) is 7. The average molecular weight is 477 g/mol. The number of para-hydroxylation sites is 2. The SMILES string of the molecule is CCn1c(SCC(=O)Nc2cc(Cl)ccc2OC)nnc1C(C)Oc1ccccc1OC. The van der Waals surface area contributed by atoms with Crippen LogP contribution < -0.4 is 19.5 Å². The third-order valence-electron chi connectivity index (χ3n) is 4.57. The van der Waals surface area contributed by atoms with E-state index in [4.69, 9.17) is 25.8 Å². The lowest BCUT2D eigenvalue weighted by molar-refractivity contribution is -0.113. The normalized spacial score (nSPS) is 11.7. The van der Waals surface area contributed by atoms with Gasteiger partial charge in [-0.25, -0.2) is 0 Å². The second kappa shape index (κ2) is 11.1. The van der Waals surface area contributed by atoms with Gasteiger partial charge < -0.3 is 24.1 Å². The van der Waals surface area contributed by atoms with Gasteiger partial charge in [-0.05, 0) is 44.2 Å². The summed E-state index contributed by atoms with van der Waals surface area (Å²) < 4.78 is 18.6. The first-order valence-electron chi connectivity index (χ1n) is 9.95. The zero-order chi connectivity index (χ0) is 23.1. The summed E-state index contributed by atoms with van der Waals surface area (Å²) in [5.41, 5.74) is 0.516. The number of carbonyl (C=O) groups is 1. The molecule has 0 bridgehead atoms. The highest BCUT2D eigenvalue weighted by Gasteiger charge is 2.20. The van der Waals surface area contributed by atoms with Crippen LogP contribution in [0.5, 0.6) is 17.2 Å². The third kappa shape index (κ3) is 5.66. The second-order valence-corrected chi connectivity index (χ2v) is 8.06. The Morgan fingerprint density at radius 2 is 1.84 bits per heavy atom. The molecule has 0 aliphatic rings. The highest BCUT2D eigenvalue weighted by Crippen LogP contribution is 2.31. The maximum atomic E-state index is 12.5. The molecule has 3 rings (SSSR count). The van der Waals surface area contributed by atoms with Crippen molar-refractivity contribution in [1.82, 2.24) is 14.8 Å². The standard InChI is InChI=1S/C22H25ClN4O4S/c1-5-27-21(14(2)31-19-9-7-6-8-18(19)30-4)25-26-22(27)32-13-20(28)24-16-12-15(23)10-11-17(16)29-3/h6-12,14H,5,13H2,1-4H3,(H,24,28). The molecular weight excluding hydrogens is 452 g/mol. The van der Waals surface area contributed by atoms with Crippen LogP contribution in [0.25, 0.3) is 0 Å². The minimum Gasteiger partial charge on any atom is -0.495 e. The van der Waals surface area contributed by atoms with Gasteiger partial charge in [0.1, 0.15) is 5.75 Å². The molecule has 1 N–H and O–H groups in total. The molecule has 10 heteroatoms. The van der Waals surface area contributed by atoms with Crippen LogP contribution in [-0.2, 0) is 11.3 Å². The van der Waals surface area contributed by atoms with Crippen molar-refractivity contribution in [3.8, 4) is 17.2 Å². The van der Waals surface area contributed by atoms with Crippen LogP contribution in [-0.4, -0.2) is 40.6 Å². The van der Waals surface area contributed by atoms with Gasteiger partial charge in [-0.15, -0.1) is 10.2 Å². The Bertz CT molecular complexity index is 1080. The number of anilines is 1. The van der Waals surface area contributed by atoms with E-state index in [9.17, 15) is 4.79 Å².